The standard InChI is InChI=1S/C19H15FN2O2/c20-15-3-7-17(8-4-15)22(13-14-1-11-19(23)12-2-14)18-9-5-16(21-24)6-10-18/h1-12,23H,13H2. The van der Waals surface area contributed by atoms with Gasteiger partial charge in [0.25, 0.3) is 0 Å². The van der Waals surface area contributed by atoms with E-state index in [1.54, 1.807) is 48.5 Å². The molecule has 5 heteroatoms. The second-order valence-corrected chi connectivity index (χ2v) is 5.34. The van der Waals surface area contributed by atoms with Crippen LogP contribution in [0.3, 0.4) is 0 Å². The van der Waals surface area contributed by atoms with Gasteiger partial charge in [-0.2, -0.15) is 0 Å². The Morgan fingerprint density at radius 2 is 1.38 bits per heavy atom. The average molecular weight is 322 g/mol. The molecule has 3 aromatic rings. The molecule has 0 saturated carbocycles. The minimum absolute atomic E-state index is 0.202. The molecule has 3 aromatic carbocycles. The molecule has 0 fully saturated rings. The van der Waals surface area contributed by atoms with E-state index in [9.17, 15) is 14.4 Å². The fourth-order valence-corrected chi connectivity index (χ4v) is 2.43. The minimum atomic E-state index is -0.302. The van der Waals surface area contributed by atoms with Gasteiger partial charge >= 0.3 is 0 Å². The lowest BCUT2D eigenvalue weighted by molar-refractivity contribution is 0.475. The molecule has 0 bridgehead atoms. The van der Waals surface area contributed by atoms with Crippen LogP contribution in [0.2, 0.25) is 0 Å². The highest BCUT2D eigenvalue weighted by Gasteiger charge is 2.11. The molecule has 4 nitrogen and oxygen atoms in total. The van der Waals surface area contributed by atoms with Crippen LogP contribution in [0.4, 0.5) is 21.5 Å². The van der Waals surface area contributed by atoms with E-state index in [-0.39, 0.29) is 11.6 Å². The molecule has 0 spiro atoms. The van der Waals surface area contributed by atoms with Gasteiger partial charge in [-0.05, 0) is 71.4 Å². The summed E-state index contributed by atoms with van der Waals surface area (Å²) in [6, 6.07) is 20.0. The van der Waals surface area contributed by atoms with E-state index in [0.717, 1.165) is 16.9 Å². The molecule has 0 aliphatic carbocycles. The normalized spacial score (nSPS) is 10.4. The Labute approximate surface area is 138 Å². The van der Waals surface area contributed by atoms with Gasteiger partial charge in [-0.1, -0.05) is 12.1 Å². The molecule has 0 heterocycles. The smallest absolute Gasteiger partial charge is 0.123 e. The molecule has 0 radical (unpaired) electrons. The van der Waals surface area contributed by atoms with Gasteiger partial charge in [0.05, 0.1) is 0 Å². The van der Waals surface area contributed by atoms with Crippen molar-refractivity contribution in [3.63, 3.8) is 0 Å². The second kappa shape index (κ2) is 6.91. The lowest BCUT2D eigenvalue weighted by atomic mass is 10.1. The zero-order valence-electron chi connectivity index (χ0n) is 12.8. The maximum atomic E-state index is 13.2. The van der Waals surface area contributed by atoms with Crippen LogP contribution in [0, 0.1) is 10.7 Å². The summed E-state index contributed by atoms with van der Waals surface area (Å²) in [6.45, 7) is 0.528. The van der Waals surface area contributed by atoms with Crippen molar-refractivity contribution >= 4 is 17.1 Å². The molecule has 0 aromatic heterocycles. The average Bonchev–Trinajstić information content (AvgIpc) is 2.62. The van der Waals surface area contributed by atoms with Crippen molar-refractivity contribution in [1.29, 1.82) is 0 Å². The number of phenols is 1. The van der Waals surface area contributed by atoms with Crippen molar-refractivity contribution in [2.45, 2.75) is 6.54 Å². The van der Waals surface area contributed by atoms with Crippen LogP contribution in [0.15, 0.2) is 78.0 Å². The van der Waals surface area contributed by atoms with Gasteiger partial charge in [-0.3, -0.25) is 0 Å². The van der Waals surface area contributed by atoms with Crippen molar-refractivity contribution in [1.82, 2.24) is 0 Å². The largest absolute Gasteiger partial charge is 0.508 e. The molecule has 0 unspecified atom stereocenters. The number of hydrogen-bond donors (Lipinski definition) is 1. The zero-order valence-corrected chi connectivity index (χ0v) is 12.8. The van der Waals surface area contributed by atoms with E-state index < -0.39 is 0 Å². The molecule has 24 heavy (non-hydrogen) atoms. The van der Waals surface area contributed by atoms with Crippen molar-refractivity contribution in [2.75, 3.05) is 4.90 Å². The number of rotatable bonds is 5. The van der Waals surface area contributed by atoms with Gasteiger partial charge in [-0.15, -0.1) is 4.91 Å². The first-order chi connectivity index (χ1) is 11.7. The molecule has 120 valence electrons. The summed E-state index contributed by atoms with van der Waals surface area (Å²) < 4.78 is 13.2. The number of nitrogens with zero attached hydrogens (tertiary/aromatic N) is 2. The van der Waals surface area contributed by atoms with Crippen molar-refractivity contribution < 1.29 is 9.50 Å². The molecule has 0 amide bonds. The fourth-order valence-electron chi connectivity index (χ4n) is 2.43. The molecule has 0 atom stereocenters. The van der Waals surface area contributed by atoms with Crippen LogP contribution in [0.1, 0.15) is 5.56 Å². The predicted molar refractivity (Wildman–Crippen MR) is 92.2 cm³/mol. The van der Waals surface area contributed by atoms with Crippen LogP contribution >= 0.6 is 0 Å². The first-order valence-corrected chi connectivity index (χ1v) is 7.40. The molecular formula is C19H15FN2O2. The third-order valence-corrected chi connectivity index (χ3v) is 3.68. The number of phenolic OH excluding ortho intramolecular Hbond substituents is 1. The highest BCUT2D eigenvalue weighted by Crippen LogP contribution is 2.29. The Kier molecular flexibility index (Phi) is 4.52. The maximum absolute atomic E-state index is 13.2. The van der Waals surface area contributed by atoms with Gasteiger partial charge in [0.15, 0.2) is 0 Å². The van der Waals surface area contributed by atoms with E-state index in [2.05, 4.69) is 5.18 Å². The third kappa shape index (κ3) is 3.57. The van der Waals surface area contributed by atoms with Gasteiger partial charge in [0, 0.05) is 17.9 Å². The zero-order chi connectivity index (χ0) is 16.9. The number of benzene rings is 3. The first kappa shape index (κ1) is 15.7. The number of aromatic hydroxyl groups is 1. The summed E-state index contributed by atoms with van der Waals surface area (Å²) >= 11 is 0. The molecule has 0 aliphatic rings. The van der Waals surface area contributed by atoms with Gasteiger partial charge in [-0.25, -0.2) is 4.39 Å². The number of hydrogen-bond acceptors (Lipinski definition) is 4. The summed E-state index contributed by atoms with van der Waals surface area (Å²) in [5, 5.41) is 12.3. The number of halogens is 1. The van der Waals surface area contributed by atoms with Crippen molar-refractivity contribution in [3.05, 3.63) is 89.1 Å². The molecule has 1 N–H and O–H groups in total. The molecular weight excluding hydrogens is 307 g/mol. The van der Waals surface area contributed by atoms with Crippen LogP contribution in [-0.4, -0.2) is 5.11 Å². The monoisotopic (exact) mass is 322 g/mol. The van der Waals surface area contributed by atoms with E-state index in [1.165, 1.54) is 12.1 Å². The predicted octanol–water partition coefficient (Wildman–Crippen LogP) is 5.27. The maximum Gasteiger partial charge on any atom is 0.123 e. The summed E-state index contributed by atoms with van der Waals surface area (Å²) in [7, 11) is 0. The Morgan fingerprint density at radius 1 is 0.833 bits per heavy atom. The molecule has 3 rings (SSSR count). The number of anilines is 2. The third-order valence-electron chi connectivity index (χ3n) is 3.68. The van der Waals surface area contributed by atoms with E-state index in [0.29, 0.717) is 12.2 Å². The Hall–Kier alpha value is -3.21. The summed E-state index contributed by atoms with van der Waals surface area (Å²) in [4.78, 5) is 12.6. The molecule has 0 saturated heterocycles. The van der Waals surface area contributed by atoms with E-state index in [4.69, 9.17) is 0 Å². The summed E-state index contributed by atoms with van der Waals surface area (Å²) in [5.74, 6) is -0.0997. The Balaban J connectivity index is 1.97. The number of nitroso groups, excluding NO2 is 1. The second-order valence-electron chi connectivity index (χ2n) is 5.34. The summed E-state index contributed by atoms with van der Waals surface area (Å²) in [5.41, 5.74) is 3.00. The van der Waals surface area contributed by atoms with Gasteiger partial charge in [0.2, 0.25) is 0 Å². The highest BCUT2D eigenvalue weighted by atomic mass is 19.1. The van der Waals surface area contributed by atoms with Gasteiger partial charge in [0.1, 0.15) is 17.3 Å². The highest BCUT2D eigenvalue weighted by molar-refractivity contribution is 5.65. The minimum Gasteiger partial charge on any atom is -0.508 e. The van der Waals surface area contributed by atoms with Crippen molar-refractivity contribution in [3.8, 4) is 5.75 Å². The van der Waals surface area contributed by atoms with Crippen molar-refractivity contribution in [2.24, 2.45) is 5.18 Å². The lowest BCUT2D eigenvalue weighted by Gasteiger charge is -2.25. The Morgan fingerprint density at radius 3 is 1.92 bits per heavy atom. The topological polar surface area (TPSA) is 52.9 Å². The summed E-state index contributed by atoms with van der Waals surface area (Å²) in [6.07, 6.45) is 0. The van der Waals surface area contributed by atoms with Crippen LogP contribution in [-0.2, 0) is 6.54 Å². The van der Waals surface area contributed by atoms with E-state index >= 15 is 0 Å². The van der Waals surface area contributed by atoms with Crippen LogP contribution in [0.5, 0.6) is 5.75 Å². The first-order valence-electron chi connectivity index (χ1n) is 7.40. The van der Waals surface area contributed by atoms with Gasteiger partial charge < -0.3 is 10.0 Å². The van der Waals surface area contributed by atoms with Crippen LogP contribution in [0.25, 0.3) is 0 Å². The molecule has 0 aliphatic heterocycles. The lowest BCUT2D eigenvalue weighted by Crippen LogP contribution is -2.16. The Bertz CT molecular complexity index is 815. The fraction of sp³-hybridized carbons (Fsp3) is 0.0526. The van der Waals surface area contributed by atoms with E-state index in [1.807, 2.05) is 17.0 Å². The quantitative estimate of drug-likeness (QED) is 0.651. The SMILES string of the molecule is O=Nc1ccc(N(Cc2ccc(O)cc2)c2ccc(F)cc2)cc1. The van der Waals surface area contributed by atoms with Crippen LogP contribution < -0.4 is 4.90 Å².